The molecule has 3 aromatic heterocycles. The van der Waals surface area contributed by atoms with Crippen LogP contribution in [0.4, 0.5) is 23.2 Å². The Morgan fingerprint density at radius 2 is 1.88 bits per heavy atom. The number of aromatic nitrogens is 3. The number of alkyl halides is 3. The number of carbonyl (C=O) groups excluding carboxylic acids is 1. The summed E-state index contributed by atoms with van der Waals surface area (Å²) in [5, 5.41) is 4.16. The summed E-state index contributed by atoms with van der Waals surface area (Å²) in [7, 11) is 0. The van der Waals surface area contributed by atoms with Crippen LogP contribution in [0.2, 0.25) is 0 Å². The van der Waals surface area contributed by atoms with Crippen molar-refractivity contribution in [3.63, 3.8) is 0 Å². The van der Waals surface area contributed by atoms with Gasteiger partial charge in [0, 0.05) is 23.5 Å². The summed E-state index contributed by atoms with van der Waals surface area (Å²) in [6.45, 7) is -0.0469. The largest absolute Gasteiger partial charge is 0.416 e. The molecule has 0 radical (unpaired) electrons. The van der Waals surface area contributed by atoms with Crippen molar-refractivity contribution in [2.24, 2.45) is 0 Å². The molecule has 9 heteroatoms. The van der Waals surface area contributed by atoms with Crippen LogP contribution in [-0.2, 0) is 12.7 Å². The summed E-state index contributed by atoms with van der Waals surface area (Å²) in [6.07, 6.45) is -1.27. The fourth-order valence-electron chi connectivity index (χ4n) is 3.82. The Labute approximate surface area is 184 Å². The van der Waals surface area contributed by atoms with E-state index < -0.39 is 23.5 Å². The molecule has 166 valence electrons. The van der Waals surface area contributed by atoms with E-state index >= 15 is 0 Å². The molecule has 0 aliphatic carbocycles. The average molecular weight is 452 g/mol. The number of nitrogens with one attached hydrogen (secondary N) is 2. The zero-order valence-corrected chi connectivity index (χ0v) is 16.9. The van der Waals surface area contributed by atoms with Gasteiger partial charge in [-0.05, 0) is 54.1 Å². The van der Waals surface area contributed by atoms with Gasteiger partial charge in [0.15, 0.2) is 0 Å². The molecule has 2 aromatic carbocycles. The Morgan fingerprint density at radius 1 is 1.03 bits per heavy atom. The topological polar surface area (TPSA) is 62.7 Å². The summed E-state index contributed by atoms with van der Waals surface area (Å²) >= 11 is 0. The van der Waals surface area contributed by atoms with Crippen LogP contribution in [-0.4, -0.2) is 20.4 Å². The van der Waals surface area contributed by atoms with Gasteiger partial charge in [-0.1, -0.05) is 12.1 Å². The predicted octanol–water partition coefficient (Wildman–Crippen LogP) is 5.98. The lowest BCUT2D eigenvalue weighted by Crippen LogP contribution is -2.18. The first-order valence-electron chi connectivity index (χ1n) is 9.97. The molecule has 0 saturated heterocycles. The monoisotopic (exact) mass is 452 g/mol. The second kappa shape index (κ2) is 7.77. The van der Waals surface area contributed by atoms with Gasteiger partial charge in [0.05, 0.1) is 23.0 Å². The fourth-order valence-corrected chi connectivity index (χ4v) is 3.82. The van der Waals surface area contributed by atoms with Crippen molar-refractivity contribution in [1.82, 2.24) is 14.5 Å². The van der Waals surface area contributed by atoms with E-state index in [-0.39, 0.29) is 12.2 Å². The molecule has 0 atom stereocenters. The highest BCUT2D eigenvalue weighted by Gasteiger charge is 2.30. The van der Waals surface area contributed by atoms with Gasteiger partial charge in [0.2, 0.25) is 0 Å². The SMILES string of the molecule is O=C(Nc1cnc2[nH]ccc2c1)c1cc2ccc(F)cc2n1Cc1cccc(C(F)(F)F)c1. The lowest BCUT2D eigenvalue weighted by atomic mass is 10.1. The third-order valence-corrected chi connectivity index (χ3v) is 5.35. The van der Waals surface area contributed by atoms with Crippen LogP contribution in [0.15, 0.2) is 73.1 Å². The maximum absolute atomic E-state index is 14.0. The molecule has 2 N–H and O–H groups in total. The Hall–Kier alpha value is -4.14. The van der Waals surface area contributed by atoms with Gasteiger partial charge in [0.25, 0.3) is 5.91 Å². The van der Waals surface area contributed by atoms with Crippen LogP contribution in [0.5, 0.6) is 0 Å². The Kier molecular flexibility index (Phi) is 4.88. The predicted molar refractivity (Wildman–Crippen MR) is 116 cm³/mol. The molecule has 0 fully saturated rings. The first-order valence-corrected chi connectivity index (χ1v) is 9.97. The molecule has 0 unspecified atom stereocenters. The highest BCUT2D eigenvalue weighted by Crippen LogP contribution is 2.30. The Bertz CT molecular complexity index is 1500. The lowest BCUT2D eigenvalue weighted by molar-refractivity contribution is -0.137. The number of hydrogen-bond acceptors (Lipinski definition) is 2. The van der Waals surface area contributed by atoms with Gasteiger partial charge in [-0.15, -0.1) is 0 Å². The first kappa shape index (κ1) is 20.7. The molecule has 1 amide bonds. The number of anilines is 1. The van der Waals surface area contributed by atoms with E-state index in [1.807, 2.05) is 6.07 Å². The molecule has 0 saturated carbocycles. The maximum atomic E-state index is 14.0. The number of fused-ring (bicyclic) bond motifs is 2. The van der Waals surface area contributed by atoms with Gasteiger partial charge >= 0.3 is 6.18 Å². The summed E-state index contributed by atoms with van der Waals surface area (Å²) in [6, 6.07) is 14.0. The molecular weight excluding hydrogens is 436 g/mol. The van der Waals surface area contributed by atoms with Crippen LogP contribution in [0.1, 0.15) is 21.6 Å². The standard InChI is InChI=1S/C24H16F4N4O/c25-18-5-4-15-10-21(23(33)31-19-9-16-6-7-29-22(16)30-12-19)32(20(15)11-18)13-14-2-1-3-17(8-14)24(26,27)28/h1-12H,13H2,(H,29,30)(H,31,33). The number of rotatable bonds is 4. The first-order chi connectivity index (χ1) is 15.8. The summed E-state index contributed by atoms with van der Waals surface area (Å²) in [5.41, 5.74) is 1.24. The zero-order valence-electron chi connectivity index (χ0n) is 16.9. The number of hydrogen-bond donors (Lipinski definition) is 2. The third kappa shape index (κ3) is 4.05. The van der Waals surface area contributed by atoms with Crippen LogP contribution in [0.25, 0.3) is 21.9 Å². The second-order valence-electron chi connectivity index (χ2n) is 7.61. The molecule has 0 bridgehead atoms. The molecule has 0 aliphatic rings. The highest BCUT2D eigenvalue weighted by atomic mass is 19.4. The van der Waals surface area contributed by atoms with E-state index in [2.05, 4.69) is 15.3 Å². The number of H-pyrrole nitrogens is 1. The molecule has 0 spiro atoms. The van der Waals surface area contributed by atoms with Crippen LogP contribution < -0.4 is 5.32 Å². The van der Waals surface area contributed by atoms with Crippen molar-refractivity contribution in [2.45, 2.75) is 12.7 Å². The van der Waals surface area contributed by atoms with E-state index in [9.17, 15) is 22.4 Å². The molecular formula is C24H16F4N4O. The van der Waals surface area contributed by atoms with Gasteiger partial charge in [0.1, 0.15) is 17.2 Å². The minimum atomic E-state index is -4.50. The maximum Gasteiger partial charge on any atom is 0.416 e. The number of halogens is 4. The van der Waals surface area contributed by atoms with Gasteiger partial charge < -0.3 is 14.9 Å². The highest BCUT2D eigenvalue weighted by molar-refractivity contribution is 6.07. The van der Waals surface area contributed by atoms with Gasteiger partial charge in [-0.2, -0.15) is 13.2 Å². The van der Waals surface area contributed by atoms with Crippen molar-refractivity contribution in [3.8, 4) is 0 Å². The molecule has 33 heavy (non-hydrogen) atoms. The number of aromatic amines is 1. The van der Waals surface area contributed by atoms with Crippen molar-refractivity contribution >= 4 is 33.5 Å². The van der Waals surface area contributed by atoms with Crippen molar-refractivity contribution in [3.05, 3.63) is 95.7 Å². The van der Waals surface area contributed by atoms with Crippen LogP contribution >= 0.6 is 0 Å². The molecule has 5 aromatic rings. The van der Waals surface area contributed by atoms with Crippen LogP contribution in [0, 0.1) is 5.82 Å². The quantitative estimate of drug-likeness (QED) is 0.330. The van der Waals surface area contributed by atoms with E-state index in [0.717, 1.165) is 17.5 Å². The van der Waals surface area contributed by atoms with E-state index in [0.29, 0.717) is 27.8 Å². The lowest BCUT2D eigenvalue weighted by Gasteiger charge is -2.13. The molecule has 0 aliphatic heterocycles. The van der Waals surface area contributed by atoms with Crippen LogP contribution in [0.3, 0.4) is 0 Å². The minimum absolute atomic E-state index is 0.0469. The number of amides is 1. The summed E-state index contributed by atoms with van der Waals surface area (Å²) in [4.78, 5) is 20.3. The number of pyridine rings is 1. The second-order valence-corrected chi connectivity index (χ2v) is 7.61. The van der Waals surface area contributed by atoms with Crippen molar-refractivity contribution < 1.29 is 22.4 Å². The van der Waals surface area contributed by atoms with Crippen molar-refractivity contribution in [1.29, 1.82) is 0 Å². The van der Waals surface area contributed by atoms with E-state index in [1.54, 1.807) is 18.3 Å². The van der Waals surface area contributed by atoms with Crippen molar-refractivity contribution in [2.75, 3.05) is 5.32 Å². The summed E-state index contributed by atoms with van der Waals surface area (Å²) < 4.78 is 55.0. The number of nitrogens with zero attached hydrogens (tertiary/aromatic N) is 2. The van der Waals surface area contributed by atoms with E-state index in [1.165, 1.54) is 41.1 Å². The Balaban J connectivity index is 1.54. The third-order valence-electron chi connectivity index (χ3n) is 5.35. The minimum Gasteiger partial charge on any atom is -0.346 e. The number of benzene rings is 2. The number of carbonyl (C=O) groups is 1. The normalized spacial score (nSPS) is 11.9. The fraction of sp³-hybridized carbons (Fsp3) is 0.0833. The smallest absolute Gasteiger partial charge is 0.346 e. The van der Waals surface area contributed by atoms with Gasteiger partial charge in [-0.25, -0.2) is 9.37 Å². The summed E-state index contributed by atoms with van der Waals surface area (Å²) in [5.74, 6) is -1.00. The van der Waals surface area contributed by atoms with E-state index in [4.69, 9.17) is 0 Å². The zero-order chi connectivity index (χ0) is 23.2. The average Bonchev–Trinajstić information content (AvgIpc) is 3.38. The Morgan fingerprint density at radius 3 is 2.70 bits per heavy atom. The van der Waals surface area contributed by atoms with Gasteiger partial charge in [-0.3, -0.25) is 4.79 Å². The molecule has 5 rings (SSSR count). The molecule has 5 nitrogen and oxygen atoms in total. The molecule has 3 heterocycles.